The van der Waals surface area contributed by atoms with Crippen LogP contribution in [-0.2, 0) is 17.9 Å². The average molecular weight is 235 g/mol. The molecule has 0 aromatic heterocycles. The zero-order chi connectivity index (χ0) is 12.3. The van der Waals surface area contributed by atoms with Crippen molar-refractivity contribution in [3.63, 3.8) is 0 Å². The molecule has 1 aliphatic rings. The summed E-state index contributed by atoms with van der Waals surface area (Å²) >= 11 is 0. The predicted octanol–water partition coefficient (Wildman–Crippen LogP) is 1.13. The number of carboxylic acid groups (broad SMARTS) is 1. The van der Waals surface area contributed by atoms with Crippen LogP contribution in [0.3, 0.4) is 0 Å². The van der Waals surface area contributed by atoms with E-state index in [0.717, 1.165) is 24.0 Å². The SMILES string of the molecule is O=C(O)C1CCC1NCc1ccc(CO)cc1. The van der Waals surface area contributed by atoms with Gasteiger partial charge in [-0.1, -0.05) is 24.3 Å². The highest BCUT2D eigenvalue weighted by atomic mass is 16.4. The number of nitrogens with one attached hydrogen (secondary N) is 1. The van der Waals surface area contributed by atoms with E-state index in [1.807, 2.05) is 24.3 Å². The van der Waals surface area contributed by atoms with E-state index >= 15 is 0 Å². The molecule has 2 unspecified atom stereocenters. The Morgan fingerprint density at radius 1 is 1.24 bits per heavy atom. The van der Waals surface area contributed by atoms with Gasteiger partial charge in [0.25, 0.3) is 0 Å². The monoisotopic (exact) mass is 235 g/mol. The summed E-state index contributed by atoms with van der Waals surface area (Å²) in [4.78, 5) is 10.8. The minimum atomic E-state index is -0.704. The van der Waals surface area contributed by atoms with Crippen molar-refractivity contribution in [1.29, 1.82) is 0 Å². The zero-order valence-corrected chi connectivity index (χ0v) is 9.60. The fourth-order valence-corrected chi connectivity index (χ4v) is 2.05. The number of carbonyl (C=O) groups is 1. The molecular weight excluding hydrogens is 218 g/mol. The lowest BCUT2D eigenvalue weighted by Gasteiger charge is -2.34. The topological polar surface area (TPSA) is 69.6 Å². The number of carboxylic acids is 1. The highest BCUT2D eigenvalue weighted by molar-refractivity contribution is 5.72. The van der Waals surface area contributed by atoms with Crippen molar-refractivity contribution in [2.24, 2.45) is 5.92 Å². The molecule has 1 aliphatic carbocycles. The molecule has 92 valence electrons. The molecule has 1 saturated carbocycles. The maximum atomic E-state index is 10.8. The lowest BCUT2D eigenvalue weighted by atomic mass is 9.79. The molecule has 1 aromatic rings. The standard InChI is InChI=1S/C13H17NO3/c15-8-10-3-1-9(2-4-10)7-14-12-6-5-11(12)13(16)17/h1-4,11-12,14-15H,5-8H2,(H,16,17). The van der Waals surface area contributed by atoms with E-state index in [9.17, 15) is 4.79 Å². The van der Waals surface area contributed by atoms with E-state index in [0.29, 0.717) is 6.54 Å². The first-order chi connectivity index (χ1) is 8.20. The Kier molecular flexibility index (Phi) is 3.76. The van der Waals surface area contributed by atoms with Crippen molar-refractivity contribution in [1.82, 2.24) is 5.32 Å². The van der Waals surface area contributed by atoms with Crippen LogP contribution in [0, 0.1) is 5.92 Å². The average Bonchev–Trinajstić information content (AvgIpc) is 2.28. The van der Waals surface area contributed by atoms with Crippen molar-refractivity contribution >= 4 is 5.97 Å². The lowest BCUT2D eigenvalue weighted by molar-refractivity contribution is -0.146. The molecule has 2 rings (SSSR count). The number of hydrogen-bond donors (Lipinski definition) is 3. The number of aliphatic hydroxyl groups excluding tert-OH is 1. The fraction of sp³-hybridized carbons (Fsp3) is 0.462. The first-order valence-electron chi connectivity index (χ1n) is 5.85. The van der Waals surface area contributed by atoms with E-state index in [4.69, 9.17) is 10.2 Å². The molecule has 0 aliphatic heterocycles. The number of aliphatic hydroxyl groups is 1. The smallest absolute Gasteiger partial charge is 0.308 e. The Bertz CT molecular complexity index is 388. The van der Waals surface area contributed by atoms with E-state index in [1.165, 1.54) is 0 Å². The van der Waals surface area contributed by atoms with Crippen molar-refractivity contribution in [2.45, 2.75) is 32.0 Å². The van der Waals surface area contributed by atoms with Gasteiger partial charge in [-0.2, -0.15) is 0 Å². The summed E-state index contributed by atoms with van der Waals surface area (Å²) in [5.41, 5.74) is 2.00. The molecule has 0 heterocycles. The zero-order valence-electron chi connectivity index (χ0n) is 9.60. The van der Waals surface area contributed by atoms with Crippen LogP contribution < -0.4 is 5.32 Å². The molecule has 0 spiro atoms. The molecule has 17 heavy (non-hydrogen) atoms. The lowest BCUT2D eigenvalue weighted by Crippen LogP contribution is -2.47. The van der Waals surface area contributed by atoms with Gasteiger partial charge in [0.2, 0.25) is 0 Å². The second kappa shape index (κ2) is 5.29. The quantitative estimate of drug-likeness (QED) is 0.715. The van der Waals surface area contributed by atoms with Crippen LogP contribution in [0.5, 0.6) is 0 Å². The van der Waals surface area contributed by atoms with Gasteiger partial charge in [0.05, 0.1) is 12.5 Å². The summed E-state index contributed by atoms with van der Waals surface area (Å²) in [6, 6.07) is 7.77. The summed E-state index contributed by atoms with van der Waals surface area (Å²) in [5, 5.41) is 21.1. The van der Waals surface area contributed by atoms with Crippen LogP contribution in [0.4, 0.5) is 0 Å². The molecule has 0 bridgehead atoms. The maximum absolute atomic E-state index is 10.8. The second-order valence-corrected chi connectivity index (χ2v) is 4.48. The molecule has 2 atom stereocenters. The Balaban J connectivity index is 1.83. The molecular formula is C13H17NO3. The van der Waals surface area contributed by atoms with Gasteiger partial charge in [0, 0.05) is 12.6 Å². The van der Waals surface area contributed by atoms with Crippen LogP contribution in [0.1, 0.15) is 24.0 Å². The third-order valence-corrected chi connectivity index (χ3v) is 3.37. The number of hydrogen-bond acceptors (Lipinski definition) is 3. The van der Waals surface area contributed by atoms with Crippen molar-refractivity contribution in [3.05, 3.63) is 35.4 Å². The molecule has 0 radical (unpaired) electrons. The Morgan fingerprint density at radius 2 is 1.88 bits per heavy atom. The van der Waals surface area contributed by atoms with Crippen LogP contribution in [0.2, 0.25) is 0 Å². The summed E-state index contributed by atoms with van der Waals surface area (Å²) in [6.07, 6.45) is 1.71. The first kappa shape index (κ1) is 12.1. The first-order valence-corrected chi connectivity index (χ1v) is 5.85. The van der Waals surface area contributed by atoms with E-state index in [-0.39, 0.29) is 18.6 Å². The summed E-state index contributed by atoms with van der Waals surface area (Å²) in [7, 11) is 0. The van der Waals surface area contributed by atoms with Crippen molar-refractivity contribution in [3.8, 4) is 0 Å². The molecule has 1 fully saturated rings. The van der Waals surface area contributed by atoms with Crippen LogP contribution in [0.25, 0.3) is 0 Å². The number of rotatable bonds is 5. The van der Waals surface area contributed by atoms with Gasteiger partial charge in [-0.3, -0.25) is 4.79 Å². The highest BCUT2D eigenvalue weighted by Crippen LogP contribution is 2.27. The van der Waals surface area contributed by atoms with Gasteiger partial charge in [-0.15, -0.1) is 0 Å². The molecule has 0 amide bonds. The van der Waals surface area contributed by atoms with Crippen molar-refractivity contribution in [2.75, 3.05) is 0 Å². The summed E-state index contributed by atoms with van der Waals surface area (Å²) < 4.78 is 0. The third kappa shape index (κ3) is 2.84. The number of aliphatic carboxylic acids is 1. The molecule has 3 N–H and O–H groups in total. The minimum absolute atomic E-state index is 0.0530. The summed E-state index contributed by atoms with van der Waals surface area (Å²) in [6.45, 7) is 0.734. The van der Waals surface area contributed by atoms with Gasteiger partial charge in [-0.25, -0.2) is 0 Å². The number of benzene rings is 1. The second-order valence-electron chi connectivity index (χ2n) is 4.48. The summed E-state index contributed by atoms with van der Waals surface area (Å²) in [5.74, 6) is -0.934. The van der Waals surface area contributed by atoms with E-state index < -0.39 is 5.97 Å². The third-order valence-electron chi connectivity index (χ3n) is 3.37. The van der Waals surface area contributed by atoms with E-state index in [1.54, 1.807) is 0 Å². The van der Waals surface area contributed by atoms with Gasteiger partial charge in [0.1, 0.15) is 0 Å². The molecule has 1 aromatic carbocycles. The Labute approximate surface area is 100 Å². The van der Waals surface area contributed by atoms with Crippen LogP contribution >= 0.6 is 0 Å². The van der Waals surface area contributed by atoms with Gasteiger partial charge in [0.15, 0.2) is 0 Å². The van der Waals surface area contributed by atoms with Crippen LogP contribution in [-0.4, -0.2) is 22.2 Å². The molecule has 4 heteroatoms. The van der Waals surface area contributed by atoms with Gasteiger partial charge >= 0.3 is 5.97 Å². The predicted molar refractivity (Wildman–Crippen MR) is 63.4 cm³/mol. The fourth-order valence-electron chi connectivity index (χ4n) is 2.05. The maximum Gasteiger partial charge on any atom is 0.308 e. The minimum Gasteiger partial charge on any atom is -0.481 e. The normalized spacial score (nSPS) is 23.1. The van der Waals surface area contributed by atoms with Gasteiger partial charge < -0.3 is 15.5 Å². The Hall–Kier alpha value is -1.39. The Morgan fingerprint density at radius 3 is 2.35 bits per heavy atom. The van der Waals surface area contributed by atoms with Gasteiger partial charge in [-0.05, 0) is 24.0 Å². The van der Waals surface area contributed by atoms with E-state index in [2.05, 4.69) is 5.32 Å². The molecule has 4 nitrogen and oxygen atoms in total. The highest BCUT2D eigenvalue weighted by Gasteiger charge is 2.35. The van der Waals surface area contributed by atoms with Crippen molar-refractivity contribution < 1.29 is 15.0 Å². The van der Waals surface area contributed by atoms with Crippen LogP contribution in [0.15, 0.2) is 24.3 Å². The largest absolute Gasteiger partial charge is 0.481 e. The molecule has 0 saturated heterocycles.